The minimum Gasteiger partial charge on any atom is -0.386 e. The van der Waals surface area contributed by atoms with E-state index in [9.17, 15) is 10.4 Å². The Labute approximate surface area is 131 Å². The molecule has 1 heterocycles. The lowest BCUT2D eigenvalue weighted by atomic mass is 9.67. The fraction of sp³-hybridized carbons (Fsp3) is 0.368. The number of aromatic nitrogens is 1. The fourth-order valence-electron chi connectivity index (χ4n) is 3.06. The molecule has 0 unspecified atom stereocenters. The molecule has 1 aromatic carbocycles. The summed E-state index contributed by atoms with van der Waals surface area (Å²) in [6, 6.07) is 14.2. The topological polar surface area (TPSA) is 56.9 Å². The van der Waals surface area contributed by atoms with Gasteiger partial charge in [-0.15, -0.1) is 0 Å². The standard InChI is InChI=1S/C19H20N2O/c1-18(2,22)16-7-4-3-6-15(16)14-8-9-17(21-12-14)19(13-20)10-5-11-19/h3-4,6-9,12,22H,5,10-11H2,1-2H3. The van der Waals surface area contributed by atoms with Crippen molar-refractivity contribution in [2.24, 2.45) is 0 Å². The highest BCUT2D eigenvalue weighted by molar-refractivity contribution is 5.67. The number of benzene rings is 1. The van der Waals surface area contributed by atoms with E-state index in [1.807, 2.05) is 42.6 Å². The molecule has 0 atom stereocenters. The summed E-state index contributed by atoms with van der Waals surface area (Å²) >= 11 is 0. The molecule has 1 aliphatic rings. The van der Waals surface area contributed by atoms with Gasteiger partial charge in [-0.05, 0) is 50.3 Å². The number of hydrogen-bond acceptors (Lipinski definition) is 3. The molecular weight excluding hydrogens is 272 g/mol. The minimum absolute atomic E-state index is 0.381. The van der Waals surface area contributed by atoms with Crippen LogP contribution >= 0.6 is 0 Å². The van der Waals surface area contributed by atoms with E-state index < -0.39 is 5.60 Å². The van der Waals surface area contributed by atoms with Crippen molar-refractivity contribution in [1.29, 1.82) is 5.26 Å². The quantitative estimate of drug-likeness (QED) is 0.932. The van der Waals surface area contributed by atoms with Crippen molar-refractivity contribution in [2.45, 2.75) is 44.1 Å². The summed E-state index contributed by atoms with van der Waals surface area (Å²) in [4.78, 5) is 4.54. The summed E-state index contributed by atoms with van der Waals surface area (Å²) in [7, 11) is 0. The normalized spacial score (nSPS) is 16.6. The Hall–Kier alpha value is -2.18. The highest BCUT2D eigenvalue weighted by atomic mass is 16.3. The summed E-state index contributed by atoms with van der Waals surface area (Å²) in [5.74, 6) is 0. The number of rotatable bonds is 3. The lowest BCUT2D eigenvalue weighted by Crippen LogP contribution is -2.33. The van der Waals surface area contributed by atoms with Gasteiger partial charge < -0.3 is 5.11 Å². The van der Waals surface area contributed by atoms with Gasteiger partial charge in [0, 0.05) is 11.8 Å². The first-order chi connectivity index (χ1) is 10.5. The molecule has 1 fully saturated rings. The monoisotopic (exact) mass is 292 g/mol. The molecule has 1 N–H and O–H groups in total. The Balaban J connectivity index is 2.00. The van der Waals surface area contributed by atoms with Gasteiger partial charge in [-0.25, -0.2) is 0 Å². The molecule has 0 bridgehead atoms. The van der Waals surface area contributed by atoms with Crippen molar-refractivity contribution in [3.8, 4) is 17.2 Å². The van der Waals surface area contributed by atoms with Gasteiger partial charge >= 0.3 is 0 Å². The van der Waals surface area contributed by atoms with Gasteiger partial charge in [-0.1, -0.05) is 30.3 Å². The predicted molar refractivity (Wildman–Crippen MR) is 86.1 cm³/mol. The van der Waals surface area contributed by atoms with E-state index >= 15 is 0 Å². The average Bonchev–Trinajstić information content (AvgIpc) is 2.47. The maximum absolute atomic E-state index is 10.3. The highest BCUT2D eigenvalue weighted by Crippen LogP contribution is 2.42. The molecule has 3 nitrogen and oxygen atoms in total. The second-order valence-electron chi connectivity index (χ2n) is 6.58. The van der Waals surface area contributed by atoms with Gasteiger partial charge in [0.25, 0.3) is 0 Å². The van der Waals surface area contributed by atoms with Gasteiger partial charge in [0.1, 0.15) is 0 Å². The van der Waals surface area contributed by atoms with Crippen LogP contribution < -0.4 is 0 Å². The Morgan fingerprint density at radius 3 is 2.41 bits per heavy atom. The van der Waals surface area contributed by atoms with E-state index in [1.165, 1.54) is 0 Å². The SMILES string of the molecule is CC(C)(O)c1ccccc1-c1ccc(C2(C#N)CCC2)nc1. The van der Waals surface area contributed by atoms with Gasteiger partial charge in [0.15, 0.2) is 0 Å². The Bertz CT molecular complexity index is 716. The smallest absolute Gasteiger partial charge is 0.0993 e. The third kappa shape index (κ3) is 2.40. The van der Waals surface area contributed by atoms with Crippen molar-refractivity contribution in [3.63, 3.8) is 0 Å². The number of pyridine rings is 1. The first-order valence-electron chi connectivity index (χ1n) is 7.66. The molecule has 3 rings (SSSR count). The van der Waals surface area contributed by atoms with Crippen LogP contribution in [0.5, 0.6) is 0 Å². The first kappa shape index (κ1) is 14.7. The number of hydrogen-bond donors (Lipinski definition) is 1. The zero-order valence-corrected chi connectivity index (χ0v) is 13.0. The first-order valence-corrected chi connectivity index (χ1v) is 7.66. The van der Waals surface area contributed by atoms with Crippen LogP contribution in [-0.4, -0.2) is 10.1 Å². The molecule has 0 saturated heterocycles. The lowest BCUT2D eigenvalue weighted by Gasteiger charge is -2.34. The van der Waals surface area contributed by atoms with Crippen molar-refractivity contribution < 1.29 is 5.11 Å². The van der Waals surface area contributed by atoms with Crippen LogP contribution in [0.2, 0.25) is 0 Å². The van der Waals surface area contributed by atoms with E-state index in [-0.39, 0.29) is 5.41 Å². The van der Waals surface area contributed by atoms with Crippen LogP contribution in [0, 0.1) is 11.3 Å². The lowest BCUT2D eigenvalue weighted by molar-refractivity contribution is 0.0792. The molecule has 0 aliphatic heterocycles. The molecule has 1 aromatic heterocycles. The van der Waals surface area contributed by atoms with E-state index in [0.29, 0.717) is 0 Å². The largest absolute Gasteiger partial charge is 0.386 e. The Morgan fingerprint density at radius 2 is 1.91 bits per heavy atom. The molecule has 22 heavy (non-hydrogen) atoms. The Morgan fingerprint density at radius 1 is 1.18 bits per heavy atom. The van der Waals surface area contributed by atoms with E-state index in [0.717, 1.165) is 41.6 Å². The van der Waals surface area contributed by atoms with Gasteiger partial charge in [-0.2, -0.15) is 5.26 Å². The Kier molecular flexibility index (Phi) is 3.50. The third-order valence-corrected chi connectivity index (χ3v) is 4.57. The van der Waals surface area contributed by atoms with Crippen LogP contribution in [0.1, 0.15) is 44.4 Å². The van der Waals surface area contributed by atoms with Crippen molar-refractivity contribution in [1.82, 2.24) is 4.98 Å². The molecular formula is C19H20N2O. The zero-order valence-electron chi connectivity index (χ0n) is 13.0. The number of nitrogens with zero attached hydrogens (tertiary/aromatic N) is 2. The summed E-state index contributed by atoms with van der Waals surface area (Å²) in [5.41, 5.74) is 2.40. The van der Waals surface area contributed by atoms with Crippen LogP contribution in [-0.2, 0) is 11.0 Å². The van der Waals surface area contributed by atoms with Crippen LogP contribution in [0.15, 0.2) is 42.6 Å². The predicted octanol–water partition coefficient (Wildman–Crippen LogP) is 3.92. The van der Waals surface area contributed by atoms with Crippen LogP contribution in [0.25, 0.3) is 11.1 Å². The minimum atomic E-state index is -0.906. The molecule has 1 saturated carbocycles. The summed E-state index contributed by atoms with van der Waals surface area (Å²) in [5, 5.41) is 19.7. The molecule has 2 aromatic rings. The molecule has 112 valence electrons. The van der Waals surface area contributed by atoms with Gasteiger partial charge in [0.05, 0.1) is 22.8 Å². The average molecular weight is 292 g/mol. The number of aliphatic hydroxyl groups is 1. The third-order valence-electron chi connectivity index (χ3n) is 4.57. The maximum atomic E-state index is 10.3. The van der Waals surface area contributed by atoms with E-state index in [2.05, 4.69) is 11.1 Å². The molecule has 0 radical (unpaired) electrons. The maximum Gasteiger partial charge on any atom is 0.0993 e. The second-order valence-corrected chi connectivity index (χ2v) is 6.58. The van der Waals surface area contributed by atoms with Gasteiger partial charge in [-0.3, -0.25) is 4.98 Å². The van der Waals surface area contributed by atoms with E-state index in [4.69, 9.17) is 0 Å². The van der Waals surface area contributed by atoms with Crippen LogP contribution in [0.3, 0.4) is 0 Å². The molecule has 3 heteroatoms. The molecule has 0 amide bonds. The van der Waals surface area contributed by atoms with Crippen molar-refractivity contribution in [3.05, 3.63) is 53.9 Å². The summed E-state index contributed by atoms with van der Waals surface area (Å²) < 4.78 is 0. The van der Waals surface area contributed by atoms with Crippen molar-refractivity contribution in [2.75, 3.05) is 0 Å². The molecule has 0 spiro atoms. The summed E-state index contributed by atoms with van der Waals surface area (Å²) in [6.07, 6.45) is 4.71. The van der Waals surface area contributed by atoms with Gasteiger partial charge in [0.2, 0.25) is 0 Å². The highest BCUT2D eigenvalue weighted by Gasteiger charge is 2.40. The van der Waals surface area contributed by atoms with Crippen LogP contribution in [0.4, 0.5) is 0 Å². The van der Waals surface area contributed by atoms with Crippen molar-refractivity contribution >= 4 is 0 Å². The van der Waals surface area contributed by atoms with E-state index in [1.54, 1.807) is 13.8 Å². The molecule has 1 aliphatic carbocycles. The summed E-state index contributed by atoms with van der Waals surface area (Å²) in [6.45, 7) is 3.57. The second kappa shape index (κ2) is 5.23. The number of nitriles is 1. The fourth-order valence-corrected chi connectivity index (χ4v) is 3.06. The zero-order chi connectivity index (χ0) is 15.8.